The first kappa shape index (κ1) is 12.0. The number of rotatable bonds is 3. The summed E-state index contributed by atoms with van der Waals surface area (Å²) in [5.74, 6) is 0.833. The minimum absolute atomic E-state index is 0.0344. The number of hydrogen-bond acceptors (Lipinski definition) is 1. The van der Waals surface area contributed by atoms with E-state index in [9.17, 15) is 4.79 Å². The molecule has 2 aliphatic carbocycles. The third kappa shape index (κ3) is 1.81. The van der Waals surface area contributed by atoms with Gasteiger partial charge in [0.1, 0.15) is 5.78 Å². The number of fused-ring (bicyclic) bond motifs is 1. The molecule has 0 unspecified atom stereocenters. The number of hydrogen-bond donors (Lipinski definition) is 0. The highest BCUT2D eigenvalue weighted by Crippen LogP contribution is 2.45. The third-order valence-electron chi connectivity index (χ3n) is 5.18. The zero-order chi connectivity index (χ0) is 12.6. The van der Waals surface area contributed by atoms with Crippen LogP contribution in [0.2, 0.25) is 0 Å². The molecule has 0 N–H and O–H groups in total. The molecule has 1 aromatic rings. The van der Waals surface area contributed by atoms with Gasteiger partial charge in [0.25, 0.3) is 0 Å². The van der Waals surface area contributed by atoms with Crippen molar-refractivity contribution in [2.45, 2.75) is 51.9 Å². The lowest BCUT2D eigenvalue weighted by atomic mass is 9.73. The summed E-state index contributed by atoms with van der Waals surface area (Å²) in [6.45, 7) is 2.20. The van der Waals surface area contributed by atoms with Gasteiger partial charge in [-0.25, -0.2) is 0 Å². The van der Waals surface area contributed by atoms with Gasteiger partial charge in [-0.05, 0) is 43.2 Å². The van der Waals surface area contributed by atoms with Gasteiger partial charge in [0, 0.05) is 11.3 Å². The van der Waals surface area contributed by atoms with Crippen LogP contribution in [0.15, 0.2) is 24.3 Å². The Morgan fingerprint density at radius 2 is 1.72 bits per heavy atom. The highest BCUT2D eigenvalue weighted by molar-refractivity contribution is 5.88. The summed E-state index contributed by atoms with van der Waals surface area (Å²) in [6.07, 6.45) is 7.77. The summed E-state index contributed by atoms with van der Waals surface area (Å²) in [6, 6.07) is 8.57. The zero-order valence-corrected chi connectivity index (χ0v) is 11.2. The fraction of sp³-hybridized carbons (Fsp3) is 0.588. The van der Waals surface area contributed by atoms with E-state index in [1.54, 1.807) is 0 Å². The van der Waals surface area contributed by atoms with Crippen molar-refractivity contribution in [3.63, 3.8) is 0 Å². The van der Waals surface area contributed by atoms with Crippen molar-refractivity contribution in [3.05, 3.63) is 35.4 Å². The average Bonchev–Trinajstić information content (AvgIpc) is 3.05. The zero-order valence-electron chi connectivity index (χ0n) is 11.2. The van der Waals surface area contributed by atoms with E-state index in [0.29, 0.717) is 5.78 Å². The van der Waals surface area contributed by atoms with Crippen molar-refractivity contribution in [1.29, 1.82) is 0 Å². The highest BCUT2D eigenvalue weighted by atomic mass is 16.1. The van der Waals surface area contributed by atoms with E-state index in [2.05, 4.69) is 31.2 Å². The molecule has 0 aliphatic heterocycles. The molecule has 1 aromatic carbocycles. The van der Waals surface area contributed by atoms with Gasteiger partial charge >= 0.3 is 0 Å². The van der Waals surface area contributed by atoms with Crippen LogP contribution in [0.1, 0.15) is 50.2 Å². The first-order chi connectivity index (χ1) is 8.75. The first-order valence-electron chi connectivity index (χ1n) is 7.36. The van der Waals surface area contributed by atoms with Gasteiger partial charge in [-0.15, -0.1) is 0 Å². The van der Waals surface area contributed by atoms with E-state index in [1.165, 1.54) is 24.0 Å². The van der Waals surface area contributed by atoms with Crippen LogP contribution in [0, 0.1) is 11.3 Å². The van der Waals surface area contributed by atoms with E-state index >= 15 is 0 Å². The quantitative estimate of drug-likeness (QED) is 0.784. The van der Waals surface area contributed by atoms with Crippen molar-refractivity contribution in [2.24, 2.45) is 11.3 Å². The molecule has 0 bridgehead atoms. The normalized spacial score (nSPS) is 22.1. The van der Waals surface area contributed by atoms with Crippen LogP contribution in [0.3, 0.4) is 0 Å². The summed E-state index contributed by atoms with van der Waals surface area (Å²) < 4.78 is 0. The minimum Gasteiger partial charge on any atom is -0.299 e. The number of ketones is 1. The lowest BCUT2D eigenvalue weighted by Gasteiger charge is -2.28. The van der Waals surface area contributed by atoms with Crippen molar-refractivity contribution < 1.29 is 4.79 Å². The van der Waals surface area contributed by atoms with Gasteiger partial charge < -0.3 is 0 Å². The van der Waals surface area contributed by atoms with Crippen LogP contribution in [0.4, 0.5) is 0 Å². The van der Waals surface area contributed by atoms with Crippen LogP contribution in [-0.4, -0.2) is 5.78 Å². The molecule has 0 atom stereocenters. The Morgan fingerprint density at radius 1 is 1.17 bits per heavy atom. The third-order valence-corrected chi connectivity index (χ3v) is 5.18. The van der Waals surface area contributed by atoms with Crippen molar-refractivity contribution in [2.75, 3.05) is 0 Å². The lowest BCUT2D eigenvalue weighted by Crippen LogP contribution is -2.33. The maximum absolute atomic E-state index is 12.9. The van der Waals surface area contributed by atoms with Crippen LogP contribution in [0.5, 0.6) is 0 Å². The summed E-state index contributed by atoms with van der Waals surface area (Å²) >= 11 is 0. The van der Waals surface area contributed by atoms with E-state index in [-0.39, 0.29) is 11.3 Å². The molecule has 18 heavy (non-hydrogen) atoms. The molecule has 0 radical (unpaired) electrons. The Balaban J connectivity index is 1.80. The van der Waals surface area contributed by atoms with Gasteiger partial charge in [0.2, 0.25) is 0 Å². The Bertz CT molecular complexity index is 429. The summed E-state index contributed by atoms with van der Waals surface area (Å²) in [5, 5.41) is 0. The maximum atomic E-state index is 12.9. The summed E-state index contributed by atoms with van der Waals surface area (Å²) in [5.41, 5.74) is 2.84. The number of carbonyl (C=O) groups excluding carboxylic acids is 1. The van der Waals surface area contributed by atoms with E-state index in [1.807, 2.05) is 0 Å². The van der Waals surface area contributed by atoms with Gasteiger partial charge in [0.15, 0.2) is 0 Å². The predicted octanol–water partition coefficient (Wildman–Crippen LogP) is 3.94. The molecule has 0 spiro atoms. The Labute approximate surface area is 110 Å². The lowest BCUT2D eigenvalue weighted by molar-refractivity contribution is -0.132. The Kier molecular flexibility index (Phi) is 3.01. The molecule has 0 aromatic heterocycles. The standard InChI is InChI=1S/C17H22O/c1-2-17(9-5-6-10-17)16(18)15-11-13-7-3-4-8-14(13)12-15/h3-4,7-8,15H,2,5-6,9-12H2,1H3. The number of carbonyl (C=O) groups is 1. The summed E-state index contributed by atoms with van der Waals surface area (Å²) in [7, 11) is 0. The summed E-state index contributed by atoms with van der Waals surface area (Å²) in [4.78, 5) is 12.9. The van der Waals surface area contributed by atoms with Gasteiger partial charge in [-0.1, -0.05) is 44.0 Å². The molecule has 0 amide bonds. The van der Waals surface area contributed by atoms with Crippen molar-refractivity contribution in [3.8, 4) is 0 Å². The predicted molar refractivity (Wildman–Crippen MR) is 73.5 cm³/mol. The fourth-order valence-corrected chi connectivity index (χ4v) is 4.00. The van der Waals surface area contributed by atoms with Gasteiger partial charge in [-0.2, -0.15) is 0 Å². The molecule has 1 heteroatoms. The molecular weight excluding hydrogens is 220 g/mol. The second-order valence-corrected chi connectivity index (χ2v) is 6.08. The molecule has 0 heterocycles. The van der Waals surface area contributed by atoms with Crippen LogP contribution >= 0.6 is 0 Å². The van der Waals surface area contributed by atoms with E-state index in [0.717, 1.165) is 32.1 Å². The van der Waals surface area contributed by atoms with Gasteiger partial charge in [-0.3, -0.25) is 4.79 Å². The molecular formula is C17H22O. The molecule has 1 nitrogen and oxygen atoms in total. The Hall–Kier alpha value is -1.11. The van der Waals surface area contributed by atoms with Gasteiger partial charge in [0.05, 0.1) is 0 Å². The fourth-order valence-electron chi connectivity index (χ4n) is 4.00. The molecule has 1 saturated carbocycles. The molecule has 96 valence electrons. The SMILES string of the molecule is CCC1(C(=O)C2Cc3ccccc3C2)CCCC1. The monoisotopic (exact) mass is 242 g/mol. The Morgan fingerprint density at radius 3 is 2.22 bits per heavy atom. The maximum Gasteiger partial charge on any atom is 0.142 e. The van der Waals surface area contributed by atoms with E-state index < -0.39 is 0 Å². The molecule has 0 saturated heterocycles. The molecule has 2 aliphatic rings. The van der Waals surface area contributed by atoms with Crippen molar-refractivity contribution >= 4 is 5.78 Å². The molecule has 3 rings (SSSR count). The second-order valence-electron chi connectivity index (χ2n) is 6.08. The van der Waals surface area contributed by atoms with Crippen LogP contribution in [-0.2, 0) is 17.6 Å². The topological polar surface area (TPSA) is 17.1 Å². The molecule has 1 fully saturated rings. The average molecular weight is 242 g/mol. The largest absolute Gasteiger partial charge is 0.299 e. The van der Waals surface area contributed by atoms with Crippen LogP contribution in [0.25, 0.3) is 0 Å². The smallest absolute Gasteiger partial charge is 0.142 e. The van der Waals surface area contributed by atoms with Crippen LogP contribution < -0.4 is 0 Å². The number of benzene rings is 1. The van der Waals surface area contributed by atoms with Crippen molar-refractivity contribution in [1.82, 2.24) is 0 Å². The second kappa shape index (κ2) is 4.53. The number of Topliss-reactive ketones (excluding diaryl/α,β-unsaturated/α-hetero) is 1. The van der Waals surface area contributed by atoms with E-state index in [4.69, 9.17) is 0 Å². The first-order valence-corrected chi connectivity index (χ1v) is 7.36. The minimum atomic E-state index is 0.0344. The highest BCUT2D eigenvalue weighted by Gasteiger charge is 2.43.